The van der Waals surface area contributed by atoms with Gasteiger partial charge in [0, 0.05) is 22.1 Å². The maximum Gasteiger partial charge on any atom is 0.416 e. The van der Waals surface area contributed by atoms with Gasteiger partial charge in [-0.05, 0) is 79.8 Å². The van der Waals surface area contributed by atoms with Gasteiger partial charge in [0.2, 0.25) is 0 Å². The van der Waals surface area contributed by atoms with Crippen LogP contribution in [0.15, 0.2) is 73.1 Å². The fraction of sp³-hybridized carbons (Fsp3) is 0.267. The SMILES string of the molecule is CC(C)(Oc1ccc(CC[C@@H](OCc2cccnc2)c2ccc(-c3ccc(C(F)(F)F)cc3)s2)c(Cl)c1Cl)C(=O)O. The van der Waals surface area contributed by atoms with Gasteiger partial charge in [0.05, 0.1) is 23.3 Å². The highest BCUT2D eigenvalue weighted by molar-refractivity contribution is 7.15. The first-order valence-electron chi connectivity index (χ1n) is 12.5. The summed E-state index contributed by atoms with van der Waals surface area (Å²) in [6.07, 6.45) is -0.373. The van der Waals surface area contributed by atoms with Crippen molar-refractivity contribution < 1.29 is 32.5 Å². The molecule has 4 rings (SSSR count). The highest BCUT2D eigenvalue weighted by Crippen LogP contribution is 2.40. The number of benzene rings is 2. The zero-order valence-corrected chi connectivity index (χ0v) is 24.4. The van der Waals surface area contributed by atoms with E-state index in [-0.39, 0.29) is 21.9 Å². The van der Waals surface area contributed by atoms with Crippen LogP contribution in [0.2, 0.25) is 10.0 Å². The molecule has 1 atom stereocenters. The molecular weight excluding hydrogens is 598 g/mol. The molecule has 0 saturated carbocycles. The average molecular weight is 625 g/mol. The zero-order valence-electron chi connectivity index (χ0n) is 22.0. The minimum Gasteiger partial charge on any atom is -0.478 e. The number of carboxylic acid groups (broad SMARTS) is 1. The summed E-state index contributed by atoms with van der Waals surface area (Å²) in [6.45, 7) is 3.13. The number of ether oxygens (including phenoxy) is 2. The molecule has 11 heteroatoms. The van der Waals surface area contributed by atoms with Gasteiger partial charge in [0.1, 0.15) is 10.8 Å². The van der Waals surface area contributed by atoms with Crippen molar-refractivity contribution in [1.82, 2.24) is 4.98 Å². The third-order valence-corrected chi connectivity index (χ3v) is 8.43. The summed E-state index contributed by atoms with van der Waals surface area (Å²) in [5, 5.41) is 9.73. The van der Waals surface area contributed by atoms with E-state index >= 15 is 0 Å². The van der Waals surface area contributed by atoms with E-state index in [2.05, 4.69) is 4.98 Å². The molecule has 0 fully saturated rings. The minimum absolute atomic E-state index is 0.118. The second-order valence-electron chi connectivity index (χ2n) is 9.75. The van der Waals surface area contributed by atoms with Gasteiger partial charge in [-0.3, -0.25) is 4.98 Å². The number of carboxylic acids is 1. The second-order valence-corrected chi connectivity index (χ2v) is 11.6. The largest absolute Gasteiger partial charge is 0.478 e. The molecule has 0 amide bonds. The Morgan fingerprint density at radius 1 is 1.02 bits per heavy atom. The molecular formula is C30H26Cl2F3NO4S. The van der Waals surface area contributed by atoms with Gasteiger partial charge in [0.15, 0.2) is 5.60 Å². The number of thiophene rings is 1. The maximum atomic E-state index is 13.0. The van der Waals surface area contributed by atoms with Crippen molar-refractivity contribution >= 4 is 40.5 Å². The Balaban J connectivity index is 1.54. The topological polar surface area (TPSA) is 68.7 Å². The molecule has 0 aliphatic carbocycles. The molecule has 0 bridgehead atoms. The van der Waals surface area contributed by atoms with Crippen molar-refractivity contribution in [3.63, 3.8) is 0 Å². The lowest BCUT2D eigenvalue weighted by Gasteiger charge is -2.23. The predicted octanol–water partition coefficient (Wildman–Crippen LogP) is 9.27. The van der Waals surface area contributed by atoms with Gasteiger partial charge < -0.3 is 14.6 Å². The van der Waals surface area contributed by atoms with Crippen LogP contribution >= 0.6 is 34.5 Å². The number of carbonyl (C=O) groups is 1. The molecule has 0 saturated heterocycles. The van der Waals surface area contributed by atoms with Crippen molar-refractivity contribution in [3.05, 3.63) is 105 Å². The summed E-state index contributed by atoms with van der Waals surface area (Å²) in [4.78, 5) is 17.3. The molecule has 2 heterocycles. The molecule has 0 aliphatic heterocycles. The van der Waals surface area contributed by atoms with Crippen molar-refractivity contribution in [1.29, 1.82) is 0 Å². The van der Waals surface area contributed by atoms with Crippen LogP contribution in [0.25, 0.3) is 10.4 Å². The Bertz CT molecular complexity index is 1490. The minimum atomic E-state index is -4.40. The van der Waals surface area contributed by atoms with Gasteiger partial charge in [-0.25, -0.2) is 4.79 Å². The van der Waals surface area contributed by atoms with E-state index in [1.807, 2.05) is 24.3 Å². The molecule has 0 aliphatic rings. The van der Waals surface area contributed by atoms with Gasteiger partial charge in [-0.15, -0.1) is 11.3 Å². The van der Waals surface area contributed by atoms with Crippen LogP contribution in [0, 0.1) is 0 Å². The van der Waals surface area contributed by atoms with E-state index in [1.165, 1.54) is 37.3 Å². The van der Waals surface area contributed by atoms with Crippen LogP contribution in [-0.2, 0) is 28.7 Å². The quantitative estimate of drug-likeness (QED) is 0.180. The molecule has 0 unspecified atom stereocenters. The summed E-state index contributed by atoms with van der Waals surface area (Å²) in [5.41, 5.74) is 0.0976. The Labute approximate surface area is 249 Å². The molecule has 2 aromatic heterocycles. The highest BCUT2D eigenvalue weighted by atomic mass is 35.5. The maximum absolute atomic E-state index is 13.0. The van der Waals surface area contributed by atoms with Crippen molar-refractivity contribution in [3.8, 4) is 16.2 Å². The van der Waals surface area contributed by atoms with E-state index in [0.29, 0.717) is 25.0 Å². The van der Waals surface area contributed by atoms with Crippen LogP contribution < -0.4 is 4.74 Å². The van der Waals surface area contributed by atoms with Crippen molar-refractivity contribution in [2.75, 3.05) is 0 Å². The van der Waals surface area contributed by atoms with Crippen molar-refractivity contribution in [2.45, 2.75) is 51.2 Å². The number of halogens is 5. The molecule has 2 aromatic carbocycles. The van der Waals surface area contributed by atoms with Crippen LogP contribution in [0.5, 0.6) is 5.75 Å². The number of rotatable bonds is 11. The summed E-state index contributed by atoms with van der Waals surface area (Å²) in [7, 11) is 0. The van der Waals surface area contributed by atoms with E-state index in [1.54, 1.807) is 24.5 Å². The lowest BCUT2D eigenvalue weighted by molar-refractivity contribution is -0.152. The Morgan fingerprint density at radius 2 is 1.76 bits per heavy atom. The van der Waals surface area contributed by atoms with Crippen LogP contribution in [0.4, 0.5) is 13.2 Å². The first-order chi connectivity index (χ1) is 19.3. The Hall–Kier alpha value is -3.11. The first-order valence-corrected chi connectivity index (χ1v) is 14.1. The summed E-state index contributed by atoms with van der Waals surface area (Å²) in [6, 6.07) is 15.9. The number of alkyl halides is 3. The number of aryl methyl sites for hydroxylation is 1. The monoisotopic (exact) mass is 623 g/mol. The molecule has 1 N–H and O–H groups in total. The van der Waals surface area contributed by atoms with E-state index in [4.69, 9.17) is 32.7 Å². The lowest BCUT2D eigenvalue weighted by atomic mass is 10.0. The van der Waals surface area contributed by atoms with Crippen LogP contribution in [0.3, 0.4) is 0 Å². The first kappa shape index (κ1) is 30.8. The van der Waals surface area contributed by atoms with Crippen molar-refractivity contribution in [2.24, 2.45) is 0 Å². The van der Waals surface area contributed by atoms with Gasteiger partial charge in [-0.1, -0.05) is 47.5 Å². The smallest absolute Gasteiger partial charge is 0.416 e. The normalized spacial score (nSPS) is 12.8. The van der Waals surface area contributed by atoms with E-state index in [9.17, 15) is 23.1 Å². The predicted molar refractivity (Wildman–Crippen MR) is 154 cm³/mol. The third kappa shape index (κ3) is 7.80. The fourth-order valence-electron chi connectivity index (χ4n) is 3.94. The lowest BCUT2D eigenvalue weighted by Crippen LogP contribution is -2.38. The van der Waals surface area contributed by atoms with E-state index < -0.39 is 23.3 Å². The molecule has 5 nitrogen and oxygen atoms in total. The third-order valence-electron chi connectivity index (χ3n) is 6.30. The standard InChI is InChI=1S/C30H26Cl2F3NO4S/c1-29(2,28(37)38)40-23-12-8-20(26(31)27(23)32)7-11-22(39-17-18-4-3-15-36-16-18)25-14-13-24(41-25)19-5-9-21(10-6-19)30(33,34)35/h3-6,8-10,12-16,22H,7,11,17H2,1-2H3,(H,37,38)/t22-/m1/s1. The number of pyridine rings is 1. The molecule has 216 valence electrons. The number of hydrogen-bond acceptors (Lipinski definition) is 5. The highest BCUT2D eigenvalue weighted by Gasteiger charge is 2.31. The average Bonchev–Trinajstić information content (AvgIpc) is 3.42. The van der Waals surface area contributed by atoms with Gasteiger partial charge >= 0.3 is 12.1 Å². The second kappa shape index (κ2) is 12.8. The Kier molecular flexibility index (Phi) is 9.64. The number of aliphatic carboxylic acids is 1. The number of aromatic nitrogens is 1. The van der Waals surface area contributed by atoms with Gasteiger partial charge in [-0.2, -0.15) is 13.2 Å². The molecule has 4 aromatic rings. The summed E-state index contributed by atoms with van der Waals surface area (Å²) < 4.78 is 50.9. The van der Waals surface area contributed by atoms with Gasteiger partial charge in [0.25, 0.3) is 0 Å². The Morgan fingerprint density at radius 3 is 2.39 bits per heavy atom. The zero-order chi connectivity index (χ0) is 29.8. The summed E-state index contributed by atoms with van der Waals surface area (Å²) >= 11 is 14.4. The number of nitrogens with zero attached hydrogens (tertiary/aromatic N) is 1. The van der Waals surface area contributed by atoms with Crippen LogP contribution in [-0.4, -0.2) is 21.7 Å². The summed E-state index contributed by atoms with van der Waals surface area (Å²) in [5.74, 6) is -0.981. The van der Waals surface area contributed by atoms with Crippen LogP contribution in [0.1, 0.15) is 47.9 Å². The molecule has 0 spiro atoms. The molecule has 41 heavy (non-hydrogen) atoms. The van der Waals surface area contributed by atoms with E-state index in [0.717, 1.165) is 33.0 Å². The number of hydrogen-bond donors (Lipinski definition) is 1. The molecule has 0 radical (unpaired) electrons. The fourth-order valence-corrected chi connectivity index (χ4v) is 5.51.